The summed E-state index contributed by atoms with van der Waals surface area (Å²) in [5, 5.41) is 10.0. The zero-order valence-electron chi connectivity index (χ0n) is 15.6. The van der Waals surface area contributed by atoms with Crippen molar-refractivity contribution in [2.75, 3.05) is 0 Å². The standard InChI is InChI=1S/C21H31NO3/c1-12(23)25-18-11-17-15-5-4-13-10-14(24)6-8-20(13,2)16(15)7-9-21(17,3)19(18)22/h6-8,13-15,17-19,24H,4-5,9-11,22H2,1-3H3/t13?,14-,15+,17-,18+,19-,20-,21-/m0/s1. The van der Waals surface area contributed by atoms with Crippen molar-refractivity contribution in [1.29, 1.82) is 0 Å². The van der Waals surface area contributed by atoms with E-state index in [-0.39, 0.29) is 35.0 Å². The lowest BCUT2D eigenvalue weighted by Crippen LogP contribution is -2.50. The van der Waals surface area contributed by atoms with Crippen molar-refractivity contribution >= 4 is 5.97 Å². The quantitative estimate of drug-likeness (QED) is 0.566. The summed E-state index contributed by atoms with van der Waals surface area (Å²) >= 11 is 0. The molecule has 1 unspecified atom stereocenters. The summed E-state index contributed by atoms with van der Waals surface area (Å²) in [6, 6.07) is -0.0894. The molecule has 0 spiro atoms. The fraction of sp³-hybridized carbons (Fsp3) is 0.762. The van der Waals surface area contributed by atoms with E-state index in [1.807, 2.05) is 6.08 Å². The maximum Gasteiger partial charge on any atom is 0.302 e. The van der Waals surface area contributed by atoms with Gasteiger partial charge < -0.3 is 15.6 Å². The molecule has 0 aliphatic heterocycles. The van der Waals surface area contributed by atoms with E-state index in [1.54, 1.807) is 5.57 Å². The second-order valence-electron chi connectivity index (χ2n) is 9.21. The largest absolute Gasteiger partial charge is 0.461 e. The van der Waals surface area contributed by atoms with E-state index in [0.717, 1.165) is 32.1 Å². The van der Waals surface area contributed by atoms with E-state index in [0.29, 0.717) is 17.8 Å². The number of hydrogen-bond donors (Lipinski definition) is 2. The number of carbonyl (C=O) groups is 1. The molecule has 2 saturated carbocycles. The molecule has 0 heterocycles. The number of fused-ring (bicyclic) bond motifs is 5. The van der Waals surface area contributed by atoms with E-state index < -0.39 is 0 Å². The van der Waals surface area contributed by atoms with Crippen LogP contribution in [0.15, 0.2) is 23.8 Å². The van der Waals surface area contributed by atoms with Gasteiger partial charge in [0.25, 0.3) is 0 Å². The van der Waals surface area contributed by atoms with Gasteiger partial charge in [0.2, 0.25) is 0 Å². The topological polar surface area (TPSA) is 72.5 Å². The SMILES string of the molecule is CC(=O)O[C@@H]1C[C@H]2[C@@H]3CCC4C[C@@H](O)C=C[C@]4(C)C3=CC[C@]2(C)[C@H]1N. The molecule has 0 radical (unpaired) electrons. The van der Waals surface area contributed by atoms with Gasteiger partial charge in [0.1, 0.15) is 6.10 Å². The highest BCUT2D eigenvalue weighted by molar-refractivity contribution is 5.66. The van der Waals surface area contributed by atoms with Gasteiger partial charge in [-0.05, 0) is 55.3 Å². The lowest BCUT2D eigenvalue weighted by molar-refractivity contribution is -0.147. The number of aliphatic hydroxyl groups is 1. The normalized spacial score (nSPS) is 51.2. The Morgan fingerprint density at radius 3 is 2.80 bits per heavy atom. The molecule has 3 N–H and O–H groups in total. The van der Waals surface area contributed by atoms with Crippen LogP contribution < -0.4 is 5.73 Å². The molecular weight excluding hydrogens is 314 g/mol. The number of esters is 1. The third-order valence-electron chi connectivity index (χ3n) is 7.95. The van der Waals surface area contributed by atoms with Gasteiger partial charge in [-0.1, -0.05) is 37.6 Å². The summed E-state index contributed by atoms with van der Waals surface area (Å²) in [4.78, 5) is 11.5. The van der Waals surface area contributed by atoms with Crippen LogP contribution in [0.1, 0.15) is 52.9 Å². The summed E-state index contributed by atoms with van der Waals surface area (Å²) in [5.41, 5.74) is 8.19. The molecule has 4 aliphatic rings. The third kappa shape index (κ3) is 2.44. The molecule has 0 aromatic rings. The van der Waals surface area contributed by atoms with Crippen molar-refractivity contribution in [2.45, 2.75) is 71.1 Å². The Balaban J connectivity index is 1.67. The van der Waals surface area contributed by atoms with Gasteiger partial charge in [-0.25, -0.2) is 0 Å². The smallest absolute Gasteiger partial charge is 0.302 e. The molecule has 0 aromatic carbocycles. The fourth-order valence-electron chi connectivity index (χ4n) is 6.45. The summed E-state index contributed by atoms with van der Waals surface area (Å²) in [5.74, 6) is 1.30. The minimum Gasteiger partial charge on any atom is -0.461 e. The van der Waals surface area contributed by atoms with Crippen molar-refractivity contribution in [3.63, 3.8) is 0 Å². The number of ether oxygens (including phenoxy) is 1. The Morgan fingerprint density at radius 2 is 2.08 bits per heavy atom. The second-order valence-corrected chi connectivity index (χ2v) is 9.21. The van der Waals surface area contributed by atoms with Crippen LogP contribution in [0.5, 0.6) is 0 Å². The molecule has 2 fully saturated rings. The predicted molar refractivity (Wildman–Crippen MR) is 96.5 cm³/mol. The Labute approximate surface area is 150 Å². The van der Waals surface area contributed by atoms with Gasteiger partial charge in [0.05, 0.1) is 6.10 Å². The number of aliphatic hydroxyl groups excluding tert-OH is 1. The molecule has 138 valence electrons. The zero-order chi connectivity index (χ0) is 18.0. The van der Waals surface area contributed by atoms with Gasteiger partial charge in [-0.15, -0.1) is 0 Å². The average molecular weight is 345 g/mol. The van der Waals surface area contributed by atoms with E-state index in [1.165, 1.54) is 6.92 Å². The monoisotopic (exact) mass is 345 g/mol. The van der Waals surface area contributed by atoms with Gasteiger partial charge in [0, 0.05) is 18.4 Å². The molecule has 8 atom stereocenters. The molecule has 0 aromatic heterocycles. The van der Waals surface area contributed by atoms with Gasteiger partial charge in [-0.2, -0.15) is 0 Å². The van der Waals surface area contributed by atoms with Crippen LogP contribution in [-0.4, -0.2) is 29.3 Å². The fourth-order valence-corrected chi connectivity index (χ4v) is 6.45. The van der Waals surface area contributed by atoms with Crippen LogP contribution in [0.3, 0.4) is 0 Å². The first-order valence-corrected chi connectivity index (χ1v) is 9.76. The number of hydrogen-bond acceptors (Lipinski definition) is 4. The molecule has 0 bridgehead atoms. The van der Waals surface area contributed by atoms with Crippen LogP contribution in [0, 0.1) is 28.6 Å². The van der Waals surface area contributed by atoms with Crippen LogP contribution in [0.2, 0.25) is 0 Å². The van der Waals surface area contributed by atoms with E-state index in [4.69, 9.17) is 10.5 Å². The van der Waals surface area contributed by atoms with Gasteiger partial charge >= 0.3 is 5.97 Å². The van der Waals surface area contributed by atoms with Crippen LogP contribution in [0.4, 0.5) is 0 Å². The zero-order valence-corrected chi connectivity index (χ0v) is 15.6. The van der Waals surface area contributed by atoms with Gasteiger partial charge in [0.15, 0.2) is 0 Å². The minimum absolute atomic E-state index is 0.00930. The van der Waals surface area contributed by atoms with E-state index >= 15 is 0 Å². The highest BCUT2D eigenvalue weighted by Crippen LogP contribution is 2.63. The molecule has 4 nitrogen and oxygen atoms in total. The minimum atomic E-state index is -0.294. The molecule has 0 saturated heterocycles. The summed E-state index contributed by atoms with van der Waals surface area (Å²) in [6.45, 7) is 6.11. The number of nitrogens with two attached hydrogens (primary N) is 1. The van der Waals surface area contributed by atoms with Crippen LogP contribution in [-0.2, 0) is 9.53 Å². The van der Waals surface area contributed by atoms with Crippen molar-refractivity contribution < 1.29 is 14.6 Å². The highest BCUT2D eigenvalue weighted by atomic mass is 16.5. The number of allylic oxidation sites excluding steroid dienone is 3. The number of rotatable bonds is 1. The Bertz CT molecular complexity index is 641. The van der Waals surface area contributed by atoms with Crippen molar-refractivity contribution in [2.24, 2.45) is 34.3 Å². The summed E-state index contributed by atoms with van der Waals surface area (Å²) in [6.07, 6.45) is 11.2. The predicted octanol–water partition coefficient (Wildman–Crippen LogP) is 2.96. The maximum absolute atomic E-state index is 11.5. The van der Waals surface area contributed by atoms with E-state index in [9.17, 15) is 9.90 Å². The Kier molecular flexibility index (Phi) is 3.93. The van der Waals surface area contributed by atoms with Crippen molar-refractivity contribution in [1.82, 2.24) is 0 Å². The first-order valence-electron chi connectivity index (χ1n) is 9.76. The molecule has 4 aliphatic carbocycles. The van der Waals surface area contributed by atoms with Crippen LogP contribution >= 0.6 is 0 Å². The lowest BCUT2D eigenvalue weighted by atomic mass is 9.50. The second kappa shape index (κ2) is 5.68. The van der Waals surface area contributed by atoms with Crippen molar-refractivity contribution in [3.8, 4) is 0 Å². The van der Waals surface area contributed by atoms with Crippen molar-refractivity contribution in [3.05, 3.63) is 23.8 Å². The molecule has 25 heavy (non-hydrogen) atoms. The lowest BCUT2D eigenvalue weighted by Gasteiger charge is -2.54. The molecular formula is C21H31NO3. The first kappa shape index (κ1) is 17.3. The third-order valence-corrected chi connectivity index (χ3v) is 7.95. The first-order chi connectivity index (χ1) is 11.8. The summed E-state index contributed by atoms with van der Waals surface area (Å²) < 4.78 is 5.57. The summed E-state index contributed by atoms with van der Waals surface area (Å²) in [7, 11) is 0. The Hall–Kier alpha value is -1.13. The highest BCUT2D eigenvalue weighted by Gasteiger charge is 2.59. The average Bonchev–Trinajstić information content (AvgIpc) is 2.79. The Morgan fingerprint density at radius 1 is 1.32 bits per heavy atom. The molecule has 4 rings (SSSR count). The number of carbonyl (C=O) groups excluding carboxylic acids is 1. The molecule has 4 heteroatoms. The maximum atomic E-state index is 11.5. The molecule has 0 amide bonds. The van der Waals surface area contributed by atoms with E-state index in [2.05, 4.69) is 26.0 Å². The van der Waals surface area contributed by atoms with Crippen LogP contribution in [0.25, 0.3) is 0 Å². The van der Waals surface area contributed by atoms with Gasteiger partial charge in [-0.3, -0.25) is 4.79 Å².